The molecule has 2 N–H and O–H groups in total. The summed E-state index contributed by atoms with van der Waals surface area (Å²) in [6, 6.07) is 5.22. The molecule has 0 saturated heterocycles. The standard InChI is InChI=1S/C14H14F3N3OS/c1-8-3-4-10(9(2)5-8)6-18-12(21)20-13-19-11(7-22-13)14(15,16)17/h3-5,7H,6H2,1-2H3,(H2,18,19,20,21). The molecule has 2 aromatic rings. The van der Waals surface area contributed by atoms with Gasteiger partial charge in [-0.2, -0.15) is 13.2 Å². The Morgan fingerprint density at radius 3 is 2.64 bits per heavy atom. The second kappa shape index (κ2) is 6.35. The third-order valence-electron chi connectivity index (χ3n) is 2.95. The third-order valence-corrected chi connectivity index (χ3v) is 3.71. The minimum Gasteiger partial charge on any atom is -0.334 e. The zero-order valence-corrected chi connectivity index (χ0v) is 12.7. The number of rotatable bonds is 3. The molecule has 1 aromatic heterocycles. The third kappa shape index (κ3) is 4.20. The number of halogens is 3. The fourth-order valence-corrected chi connectivity index (χ4v) is 2.53. The monoisotopic (exact) mass is 329 g/mol. The zero-order chi connectivity index (χ0) is 16.3. The molecule has 2 amide bonds. The molecule has 0 aliphatic carbocycles. The number of aryl methyl sites for hydroxylation is 2. The van der Waals surface area contributed by atoms with E-state index in [0.29, 0.717) is 0 Å². The van der Waals surface area contributed by atoms with E-state index in [2.05, 4.69) is 15.6 Å². The molecule has 4 nitrogen and oxygen atoms in total. The van der Waals surface area contributed by atoms with Crippen molar-refractivity contribution in [3.05, 3.63) is 46.0 Å². The lowest BCUT2D eigenvalue weighted by atomic mass is 10.1. The number of carbonyl (C=O) groups excluding carboxylic acids is 1. The largest absolute Gasteiger partial charge is 0.434 e. The molecule has 0 aliphatic rings. The number of alkyl halides is 3. The lowest BCUT2D eigenvalue weighted by molar-refractivity contribution is -0.140. The minimum atomic E-state index is -4.51. The van der Waals surface area contributed by atoms with Crippen molar-refractivity contribution in [1.82, 2.24) is 10.3 Å². The predicted molar refractivity (Wildman–Crippen MR) is 78.9 cm³/mol. The van der Waals surface area contributed by atoms with Crippen molar-refractivity contribution < 1.29 is 18.0 Å². The van der Waals surface area contributed by atoms with Crippen molar-refractivity contribution in [2.24, 2.45) is 0 Å². The number of hydrogen-bond donors (Lipinski definition) is 2. The molecule has 1 aromatic carbocycles. The van der Waals surface area contributed by atoms with Crippen molar-refractivity contribution >= 4 is 22.5 Å². The van der Waals surface area contributed by atoms with Gasteiger partial charge in [0, 0.05) is 11.9 Å². The Hall–Kier alpha value is -2.09. The summed E-state index contributed by atoms with van der Waals surface area (Å²) in [5.41, 5.74) is 2.08. The van der Waals surface area contributed by atoms with Crippen LogP contribution in [-0.4, -0.2) is 11.0 Å². The number of carbonyl (C=O) groups is 1. The quantitative estimate of drug-likeness (QED) is 0.891. The Balaban J connectivity index is 1.92. The van der Waals surface area contributed by atoms with E-state index in [0.717, 1.165) is 33.4 Å². The normalized spacial score (nSPS) is 11.3. The van der Waals surface area contributed by atoms with E-state index in [9.17, 15) is 18.0 Å². The van der Waals surface area contributed by atoms with E-state index >= 15 is 0 Å². The Bertz CT molecular complexity index is 682. The molecule has 0 atom stereocenters. The number of nitrogens with one attached hydrogen (secondary N) is 2. The van der Waals surface area contributed by atoms with Crippen LogP contribution in [0.1, 0.15) is 22.4 Å². The van der Waals surface area contributed by atoms with Gasteiger partial charge in [-0.1, -0.05) is 23.8 Å². The Kier molecular flexibility index (Phi) is 4.70. The maximum Gasteiger partial charge on any atom is 0.434 e. The summed E-state index contributed by atoms with van der Waals surface area (Å²) in [4.78, 5) is 15.0. The molecular formula is C14H14F3N3OS. The highest BCUT2D eigenvalue weighted by atomic mass is 32.1. The summed E-state index contributed by atoms with van der Waals surface area (Å²) in [6.45, 7) is 4.19. The van der Waals surface area contributed by atoms with E-state index in [1.807, 2.05) is 32.0 Å². The van der Waals surface area contributed by atoms with Gasteiger partial charge >= 0.3 is 12.2 Å². The number of aromatic nitrogens is 1. The van der Waals surface area contributed by atoms with Crippen molar-refractivity contribution in [2.75, 3.05) is 5.32 Å². The highest BCUT2D eigenvalue weighted by Gasteiger charge is 2.33. The van der Waals surface area contributed by atoms with Gasteiger partial charge in [0.05, 0.1) is 0 Å². The van der Waals surface area contributed by atoms with Gasteiger partial charge in [-0.3, -0.25) is 5.32 Å². The zero-order valence-electron chi connectivity index (χ0n) is 11.9. The first-order chi connectivity index (χ1) is 10.3. The highest BCUT2D eigenvalue weighted by Crippen LogP contribution is 2.31. The number of amides is 2. The molecule has 0 spiro atoms. The molecule has 0 fully saturated rings. The van der Waals surface area contributed by atoms with Gasteiger partial charge in [-0.15, -0.1) is 11.3 Å². The Morgan fingerprint density at radius 2 is 2.05 bits per heavy atom. The van der Waals surface area contributed by atoms with E-state index in [1.165, 1.54) is 0 Å². The van der Waals surface area contributed by atoms with Gasteiger partial charge in [0.2, 0.25) is 0 Å². The van der Waals surface area contributed by atoms with Gasteiger partial charge in [0.1, 0.15) is 0 Å². The summed E-state index contributed by atoms with van der Waals surface area (Å²) in [5, 5.41) is 5.65. The Labute approximate surface area is 129 Å². The number of hydrogen-bond acceptors (Lipinski definition) is 3. The maximum absolute atomic E-state index is 12.4. The van der Waals surface area contributed by atoms with Crippen LogP contribution in [0.5, 0.6) is 0 Å². The van der Waals surface area contributed by atoms with Gasteiger partial charge in [0.15, 0.2) is 10.8 Å². The van der Waals surface area contributed by atoms with E-state index in [-0.39, 0.29) is 11.7 Å². The summed E-state index contributed by atoms with van der Waals surface area (Å²) in [7, 11) is 0. The van der Waals surface area contributed by atoms with E-state index < -0.39 is 17.9 Å². The average molecular weight is 329 g/mol. The smallest absolute Gasteiger partial charge is 0.334 e. The molecule has 0 aliphatic heterocycles. The van der Waals surface area contributed by atoms with Crippen LogP contribution in [0.3, 0.4) is 0 Å². The summed E-state index contributed by atoms with van der Waals surface area (Å²) < 4.78 is 37.2. The second-order valence-electron chi connectivity index (χ2n) is 4.77. The first-order valence-electron chi connectivity index (χ1n) is 6.39. The van der Waals surface area contributed by atoms with Crippen LogP contribution in [0, 0.1) is 13.8 Å². The number of benzene rings is 1. The molecule has 22 heavy (non-hydrogen) atoms. The highest BCUT2D eigenvalue weighted by molar-refractivity contribution is 7.13. The maximum atomic E-state index is 12.4. The summed E-state index contributed by atoms with van der Waals surface area (Å²) in [5.74, 6) is 0. The molecule has 0 bridgehead atoms. The van der Waals surface area contributed by atoms with Crippen molar-refractivity contribution in [1.29, 1.82) is 0 Å². The summed E-state index contributed by atoms with van der Waals surface area (Å²) >= 11 is 0.728. The van der Waals surface area contributed by atoms with Gasteiger partial charge < -0.3 is 5.32 Å². The second-order valence-corrected chi connectivity index (χ2v) is 5.63. The first kappa shape index (κ1) is 16.3. The first-order valence-corrected chi connectivity index (χ1v) is 7.27. The molecule has 0 radical (unpaired) electrons. The van der Waals surface area contributed by atoms with E-state index in [1.54, 1.807) is 0 Å². The topological polar surface area (TPSA) is 54.0 Å². The fourth-order valence-electron chi connectivity index (χ4n) is 1.82. The molecular weight excluding hydrogens is 315 g/mol. The summed E-state index contributed by atoms with van der Waals surface area (Å²) in [6.07, 6.45) is -4.51. The van der Waals surface area contributed by atoms with Crippen molar-refractivity contribution in [3.8, 4) is 0 Å². The van der Waals surface area contributed by atoms with Crippen LogP contribution in [-0.2, 0) is 12.7 Å². The number of nitrogens with zero attached hydrogens (tertiary/aromatic N) is 1. The molecule has 118 valence electrons. The van der Waals surface area contributed by atoms with Gasteiger partial charge in [0.25, 0.3) is 0 Å². The predicted octanol–water partition coefficient (Wildman–Crippen LogP) is 4.10. The number of anilines is 1. The molecule has 2 rings (SSSR count). The SMILES string of the molecule is Cc1ccc(CNC(=O)Nc2nc(C(F)(F)F)cs2)c(C)c1. The van der Waals surface area contributed by atoms with Crippen molar-refractivity contribution in [3.63, 3.8) is 0 Å². The fraction of sp³-hybridized carbons (Fsp3) is 0.286. The number of urea groups is 1. The lowest BCUT2D eigenvalue weighted by Gasteiger charge is -2.09. The molecule has 0 unspecified atom stereocenters. The Morgan fingerprint density at radius 1 is 1.32 bits per heavy atom. The number of thiazole rings is 1. The average Bonchev–Trinajstić information content (AvgIpc) is 2.86. The van der Waals surface area contributed by atoms with Gasteiger partial charge in [-0.05, 0) is 25.0 Å². The van der Waals surface area contributed by atoms with Crippen LogP contribution < -0.4 is 10.6 Å². The van der Waals surface area contributed by atoms with E-state index in [4.69, 9.17) is 0 Å². The molecule has 8 heteroatoms. The van der Waals surface area contributed by atoms with Crippen LogP contribution in [0.2, 0.25) is 0 Å². The molecule has 1 heterocycles. The van der Waals surface area contributed by atoms with Crippen LogP contribution >= 0.6 is 11.3 Å². The minimum absolute atomic E-state index is 0.0922. The van der Waals surface area contributed by atoms with Crippen molar-refractivity contribution in [2.45, 2.75) is 26.6 Å². The van der Waals surface area contributed by atoms with Crippen LogP contribution in [0.25, 0.3) is 0 Å². The lowest BCUT2D eigenvalue weighted by Crippen LogP contribution is -2.28. The van der Waals surface area contributed by atoms with Gasteiger partial charge in [-0.25, -0.2) is 9.78 Å². The van der Waals surface area contributed by atoms with Crippen LogP contribution in [0.15, 0.2) is 23.6 Å². The van der Waals surface area contributed by atoms with Crippen LogP contribution in [0.4, 0.5) is 23.1 Å². The molecule has 0 saturated carbocycles.